The molecule has 0 radical (unpaired) electrons. The van der Waals surface area contributed by atoms with Crippen LogP contribution in [0.4, 0.5) is 23.0 Å². The van der Waals surface area contributed by atoms with Crippen LogP contribution in [-0.2, 0) is 9.53 Å². The number of rotatable bonds is 5. The highest BCUT2D eigenvalue weighted by atomic mass is 16.5. The maximum absolute atomic E-state index is 13.1. The van der Waals surface area contributed by atoms with Gasteiger partial charge in [0.15, 0.2) is 0 Å². The summed E-state index contributed by atoms with van der Waals surface area (Å²) in [7, 11) is 0. The number of nitrogens with zero attached hydrogens (tertiary/aromatic N) is 5. The van der Waals surface area contributed by atoms with Crippen LogP contribution in [0.25, 0.3) is 0 Å². The summed E-state index contributed by atoms with van der Waals surface area (Å²) in [6.07, 6.45) is 9.74. The summed E-state index contributed by atoms with van der Waals surface area (Å²) in [4.78, 5) is 26.3. The second kappa shape index (κ2) is 8.24. The topological polar surface area (TPSA) is 94.4 Å². The van der Waals surface area contributed by atoms with Gasteiger partial charge in [-0.1, -0.05) is 0 Å². The van der Waals surface area contributed by atoms with Gasteiger partial charge < -0.3 is 19.9 Å². The number of hydrogen-bond acceptors (Lipinski definition) is 7. The van der Waals surface area contributed by atoms with Crippen molar-refractivity contribution in [2.75, 3.05) is 48.0 Å². The van der Waals surface area contributed by atoms with E-state index in [1.807, 2.05) is 24.4 Å². The summed E-state index contributed by atoms with van der Waals surface area (Å²) in [5.74, 6) is 1.49. The lowest BCUT2D eigenvalue weighted by molar-refractivity contribution is -0.123. The van der Waals surface area contributed by atoms with E-state index in [4.69, 9.17) is 4.74 Å². The van der Waals surface area contributed by atoms with E-state index in [0.29, 0.717) is 30.0 Å². The minimum atomic E-state index is -0.841. The lowest BCUT2D eigenvalue weighted by atomic mass is 9.79. The van der Waals surface area contributed by atoms with Gasteiger partial charge in [-0.25, -0.2) is 9.97 Å². The molecule has 0 bridgehead atoms. The average Bonchev–Trinajstić information content (AvgIpc) is 3.54. The number of anilines is 4. The van der Waals surface area contributed by atoms with Gasteiger partial charge in [0.1, 0.15) is 17.1 Å². The van der Waals surface area contributed by atoms with Crippen LogP contribution in [0.3, 0.4) is 0 Å². The Hall–Kier alpha value is -3.18. The van der Waals surface area contributed by atoms with Gasteiger partial charge in [-0.05, 0) is 62.6 Å². The van der Waals surface area contributed by atoms with Crippen LogP contribution in [0.2, 0.25) is 0 Å². The van der Waals surface area contributed by atoms with Gasteiger partial charge in [0.2, 0.25) is 5.91 Å². The Labute approximate surface area is 199 Å². The Morgan fingerprint density at radius 3 is 2.74 bits per heavy atom. The third-order valence-corrected chi connectivity index (χ3v) is 8.10. The fourth-order valence-electron chi connectivity index (χ4n) is 5.97. The highest BCUT2D eigenvalue weighted by molar-refractivity contribution is 6.02. The van der Waals surface area contributed by atoms with Crippen molar-refractivity contribution in [2.24, 2.45) is 16.7 Å². The number of nitriles is 1. The summed E-state index contributed by atoms with van der Waals surface area (Å²) in [6, 6.07) is 10.1. The fourth-order valence-corrected chi connectivity index (χ4v) is 5.97. The summed E-state index contributed by atoms with van der Waals surface area (Å²) in [6.45, 7) is 4.40. The molecule has 34 heavy (non-hydrogen) atoms. The van der Waals surface area contributed by atoms with E-state index in [9.17, 15) is 10.1 Å². The Morgan fingerprint density at radius 1 is 1.09 bits per heavy atom. The quantitative estimate of drug-likeness (QED) is 0.726. The van der Waals surface area contributed by atoms with Gasteiger partial charge in [-0.15, -0.1) is 0 Å². The molecule has 8 nitrogen and oxygen atoms in total. The monoisotopic (exact) mass is 458 g/mol. The fraction of sp³-hybridized carbons (Fsp3) is 0.538. The maximum Gasteiger partial charge on any atom is 0.247 e. The standard InChI is InChI=1S/C26H30N6O2/c27-16-26(19-2-3-19)8-12-32(24(26)33)20-6-10-28-23(14-20)30-22-5-4-21(15-29-22)31-11-1-7-25(17-31)9-13-34-18-25/h4-6,10,14-15,19H,1-3,7-9,11-13,17-18H2,(H,28,29,30)/t25?,26-/m1/s1. The number of ether oxygens (including phenoxy) is 1. The first-order valence-corrected chi connectivity index (χ1v) is 12.4. The summed E-state index contributed by atoms with van der Waals surface area (Å²) in [5.41, 5.74) is 1.37. The van der Waals surface area contributed by atoms with Crippen LogP contribution in [0.5, 0.6) is 0 Å². The molecule has 1 unspecified atom stereocenters. The van der Waals surface area contributed by atoms with Gasteiger partial charge >= 0.3 is 0 Å². The molecule has 1 N–H and O–H groups in total. The van der Waals surface area contributed by atoms with E-state index < -0.39 is 5.41 Å². The zero-order valence-corrected chi connectivity index (χ0v) is 19.4. The minimum absolute atomic E-state index is 0.0657. The third kappa shape index (κ3) is 3.68. The molecule has 3 aliphatic heterocycles. The predicted molar refractivity (Wildman–Crippen MR) is 129 cm³/mol. The molecule has 2 aromatic heterocycles. The first-order chi connectivity index (χ1) is 16.6. The van der Waals surface area contributed by atoms with E-state index in [0.717, 1.165) is 56.9 Å². The first-order valence-electron chi connectivity index (χ1n) is 12.4. The Balaban J connectivity index is 1.14. The summed E-state index contributed by atoms with van der Waals surface area (Å²) in [5, 5.41) is 13.0. The Bertz CT molecular complexity index is 1120. The van der Waals surface area contributed by atoms with Crippen LogP contribution < -0.4 is 15.1 Å². The number of aromatic nitrogens is 2. The normalized spacial score (nSPS) is 29.0. The molecular weight excluding hydrogens is 428 g/mol. The van der Waals surface area contributed by atoms with Crippen molar-refractivity contribution >= 4 is 28.9 Å². The van der Waals surface area contributed by atoms with Crippen molar-refractivity contribution in [1.29, 1.82) is 5.26 Å². The van der Waals surface area contributed by atoms with Gasteiger partial charge in [0, 0.05) is 49.6 Å². The molecule has 4 aliphatic rings. The zero-order valence-electron chi connectivity index (χ0n) is 19.4. The number of carbonyl (C=O) groups excluding carboxylic acids is 1. The summed E-state index contributed by atoms with van der Waals surface area (Å²) >= 11 is 0. The van der Waals surface area contributed by atoms with E-state index in [-0.39, 0.29) is 11.8 Å². The number of piperidine rings is 1. The van der Waals surface area contributed by atoms with Gasteiger partial charge in [0.25, 0.3) is 0 Å². The second-order valence-electron chi connectivity index (χ2n) is 10.3. The predicted octanol–water partition coefficient (Wildman–Crippen LogP) is 3.88. The van der Waals surface area contributed by atoms with Crippen molar-refractivity contribution in [3.8, 4) is 6.07 Å². The number of hydrogen-bond donors (Lipinski definition) is 1. The van der Waals surface area contributed by atoms with E-state index >= 15 is 0 Å². The molecule has 2 atom stereocenters. The molecule has 1 amide bonds. The molecule has 1 saturated carbocycles. The minimum Gasteiger partial charge on any atom is -0.381 e. The zero-order chi connectivity index (χ0) is 23.2. The molecule has 6 rings (SSSR count). The molecule has 0 aromatic carbocycles. The molecule has 8 heteroatoms. The molecule has 3 saturated heterocycles. The molecule has 4 fully saturated rings. The maximum atomic E-state index is 13.1. The van der Waals surface area contributed by atoms with Crippen molar-refractivity contribution < 1.29 is 9.53 Å². The average molecular weight is 459 g/mol. The molecule has 2 aromatic rings. The van der Waals surface area contributed by atoms with Gasteiger partial charge in [-0.2, -0.15) is 5.26 Å². The van der Waals surface area contributed by atoms with Crippen LogP contribution in [0.1, 0.15) is 38.5 Å². The van der Waals surface area contributed by atoms with Crippen molar-refractivity contribution in [3.63, 3.8) is 0 Å². The highest BCUT2D eigenvalue weighted by Gasteiger charge is 2.56. The number of amides is 1. The number of nitrogens with one attached hydrogen (secondary N) is 1. The molecule has 1 aliphatic carbocycles. The van der Waals surface area contributed by atoms with Gasteiger partial charge in [-0.3, -0.25) is 4.79 Å². The van der Waals surface area contributed by atoms with Crippen molar-refractivity contribution in [1.82, 2.24) is 9.97 Å². The van der Waals surface area contributed by atoms with E-state index in [1.165, 1.54) is 12.8 Å². The molecule has 176 valence electrons. The lowest BCUT2D eigenvalue weighted by Gasteiger charge is -2.40. The van der Waals surface area contributed by atoms with Crippen molar-refractivity contribution in [2.45, 2.75) is 38.5 Å². The molecule has 1 spiro atoms. The smallest absolute Gasteiger partial charge is 0.247 e. The lowest BCUT2D eigenvalue weighted by Crippen LogP contribution is -2.43. The van der Waals surface area contributed by atoms with Crippen LogP contribution in [-0.4, -0.2) is 48.7 Å². The van der Waals surface area contributed by atoms with Crippen LogP contribution in [0, 0.1) is 28.1 Å². The highest BCUT2D eigenvalue weighted by Crippen LogP contribution is 2.52. The van der Waals surface area contributed by atoms with E-state index in [1.54, 1.807) is 11.1 Å². The Morgan fingerprint density at radius 2 is 2.00 bits per heavy atom. The SMILES string of the molecule is N#C[C@@]1(C2CC2)CCN(c2ccnc(Nc3ccc(N4CCCC5(CCOC5)C4)cn3)c2)C1=O. The first kappa shape index (κ1) is 21.4. The summed E-state index contributed by atoms with van der Waals surface area (Å²) < 4.78 is 5.69. The second-order valence-corrected chi connectivity index (χ2v) is 10.3. The van der Waals surface area contributed by atoms with Crippen LogP contribution in [0.15, 0.2) is 36.7 Å². The van der Waals surface area contributed by atoms with E-state index in [2.05, 4.69) is 32.3 Å². The largest absolute Gasteiger partial charge is 0.381 e. The number of pyridine rings is 2. The van der Waals surface area contributed by atoms with Gasteiger partial charge in [0.05, 0.1) is 24.6 Å². The molecule has 5 heterocycles. The number of carbonyl (C=O) groups is 1. The third-order valence-electron chi connectivity index (χ3n) is 8.10. The van der Waals surface area contributed by atoms with Crippen LogP contribution >= 0.6 is 0 Å². The van der Waals surface area contributed by atoms with Crippen molar-refractivity contribution in [3.05, 3.63) is 36.7 Å². The Kier molecular flexibility index (Phi) is 5.18. The molecular formula is C26H30N6O2.